The highest BCUT2D eigenvalue weighted by atomic mass is 15.2. The zero-order valence-corrected chi connectivity index (χ0v) is 12.6. The van der Waals surface area contributed by atoms with Crippen LogP contribution in [0, 0.1) is 5.41 Å². The largest absolute Gasteiger partial charge is 0.314 e. The molecule has 0 aliphatic carbocycles. The maximum absolute atomic E-state index is 3.61. The first-order valence-corrected chi connectivity index (χ1v) is 7.44. The van der Waals surface area contributed by atoms with E-state index in [1.54, 1.807) is 0 Å². The third-order valence-corrected chi connectivity index (χ3v) is 4.32. The highest BCUT2D eigenvalue weighted by Crippen LogP contribution is 2.26. The topological polar surface area (TPSA) is 15.3 Å². The maximum atomic E-state index is 3.61. The van der Waals surface area contributed by atoms with Crippen molar-refractivity contribution in [2.75, 3.05) is 19.6 Å². The molecule has 0 radical (unpaired) electrons. The minimum absolute atomic E-state index is 0.426. The Hall–Kier alpha value is -0.0800. The summed E-state index contributed by atoms with van der Waals surface area (Å²) in [4.78, 5) is 2.70. The van der Waals surface area contributed by atoms with Gasteiger partial charge in [-0.1, -0.05) is 34.1 Å². The van der Waals surface area contributed by atoms with Crippen molar-refractivity contribution in [3.8, 4) is 0 Å². The first-order chi connectivity index (χ1) is 7.97. The Balaban J connectivity index is 2.48. The van der Waals surface area contributed by atoms with Gasteiger partial charge in [-0.25, -0.2) is 0 Å². The monoisotopic (exact) mass is 240 g/mol. The number of nitrogens with one attached hydrogen (secondary N) is 1. The molecule has 0 amide bonds. The van der Waals surface area contributed by atoms with Gasteiger partial charge in [0.25, 0.3) is 0 Å². The summed E-state index contributed by atoms with van der Waals surface area (Å²) in [5, 5.41) is 3.61. The Morgan fingerprint density at radius 1 is 1.35 bits per heavy atom. The summed E-state index contributed by atoms with van der Waals surface area (Å²) in [5.74, 6) is 0. The van der Waals surface area contributed by atoms with Crippen molar-refractivity contribution >= 4 is 0 Å². The first-order valence-electron chi connectivity index (χ1n) is 7.44. The van der Waals surface area contributed by atoms with Crippen LogP contribution in [0.15, 0.2) is 0 Å². The summed E-state index contributed by atoms with van der Waals surface area (Å²) >= 11 is 0. The van der Waals surface area contributed by atoms with E-state index in [9.17, 15) is 0 Å². The Morgan fingerprint density at radius 3 is 2.59 bits per heavy atom. The second kappa shape index (κ2) is 6.75. The molecule has 1 saturated heterocycles. The van der Waals surface area contributed by atoms with Gasteiger partial charge in [0, 0.05) is 25.2 Å². The Kier molecular flexibility index (Phi) is 5.94. The Morgan fingerprint density at radius 2 is 2.06 bits per heavy atom. The van der Waals surface area contributed by atoms with Crippen LogP contribution < -0.4 is 5.32 Å². The highest BCUT2D eigenvalue weighted by molar-refractivity contribution is 4.84. The number of likely N-dealkylation sites (tertiary alicyclic amines) is 1. The number of rotatable bonds is 6. The third kappa shape index (κ3) is 4.97. The van der Waals surface area contributed by atoms with E-state index in [4.69, 9.17) is 0 Å². The van der Waals surface area contributed by atoms with Crippen molar-refractivity contribution < 1.29 is 0 Å². The van der Waals surface area contributed by atoms with Crippen molar-refractivity contribution in [1.82, 2.24) is 10.2 Å². The lowest BCUT2D eigenvalue weighted by Gasteiger charge is -2.41. The second-order valence-corrected chi connectivity index (χ2v) is 6.52. The summed E-state index contributed by atoms with van der Waals surface area (Å²) in [6.45, 7) is 15.3. The maximum Gasteiger partial charge on any atom is 0.00671 e. The van der Waals surface area contributed by atoms with Crippen molar-refractivity contribution in [3.05, 3.63) is 0 Å². The smallest absolute Gasteiger partial charge is 0.00671 e. The first kappa shape index (κ1) is 15.0. The predicted molar refractivity (Wildman–Crippen MR) is 76.4 cm³/mol. The van der Waals surface area contributed by atoms with Crippen LogP contribution in [0.1, 0.15) is 60.3 Å². The minimum Gasteiger partial charge on any atom is -0.314 e. The van der Waals surface area contributed by atoms with E-state index in [0.717, 1.165) is 12.6 Å². The van der Waals surface area contributed by atoms with E-state index in [2.05, 4.69) is 44.8 Å². The van der Waals surface area contributed by atoms with E-state index < -0.39 is 0 Å². The molecule has 2 nitrogen and oxygen atoms in total. The Bertz CT molecular complexity index is 215. The molecule has 0 spiro atoms. The molecule has 102 valence electrons. The zero-order valence-electron chi connectivity index (χ0n) is 12.6. The van der Waals surface area contributed by atoms with Crippen LogP contribution in [0.4, 0.5) is 0 Å². The van der Waals surface area contributed by atoms with Crippen LogP contribution in [-0.2, 0) is 0 Å². The molecular formula is C15H32N2. The van der Waals surface area contributed by atoms with Gasteiger partial charge in [-0.15, -0.1) is 0 Å². The lowest BCUT2D eigenvalue weighted by Crippen LogP contribution is -2.48. The molecule has 17 heavy (non-hydrogen) atoms. The summed E-state index contributed by atoms with van der Waals surface area (Å²) in [6.07, 6.45) is 5.46. The van der Waals surface area contributed by atoms with Gasteiger partial charge in [0.05, 0.1) is 0 Å². The average molecular weight is 240 g/mol. The van der Waals surface area contributed by atoms with Crippen molar-refractivity contribution in [2.45, 2.75) is 72.4 Å². The quantitative estimate of drug-likeness (QED) is 0.766. The van der Waals surface area contributed by atoms with E-state index in [1.807, 2.05) is 0 Å². The molecule has 2 heteroatoms. The number of piperidine rings is 1. The normalized spacial score (nSPS) is 26.1. The molecule has 0 saturated carbocycles. The molecule has 0 aromatic carbocycles. The Labute approximate surface area is 108 Å². The standard InChI is InChI=1S/C15H32N2/c1-6-15(5,11-16-13(2)3)12-17-10-8-7-9-14(17)4/h13-14,16H,6-12H2,1-5H3. The lowest BCUT2D eigenvalue weighted by molar-refractivity contribution is 0.0920. The van der Waals surface area contributed by atoms with Gasteiger partial charge < -0.3 is 10.2 Å². The van der Waals surface area contributed by atoms with Gasteiger partial charge in [0.15, 0.2) is 0 Å². The summed E-state index contributed by atoms with van der Waals surface area (Å²) in [5.41, 5.74) is 0.426. The van der Waals surface area contributed by atoms with E-state index in [-0.39, 0.29) is 0 Å². The minimum atomic E-state index is 0.426. The molecule has 1 rings (SSSR count). The summed E-state index contributed by atoms with van der Waals surface area (Å²) in [7, 11) is 0. The van der Waals surface area contributed by atoms with Crippen LogP contribution in [-0.4, -0.2) is 36.6 Å². The molecule has 1 N–H and O–H groups in total. The van der Waals surface area contributed by atoms with Crippen LogP contribution in [0.3, 0.4) is 0 Å². The van der Waals surface area contributed by atoms with Crippen molar-refractivity contribution in [2.24, 2.45) is 5.41 Å². The van der Waals surface area contributed by atoms with Crippen LogP contribution in [0.5, 0.6) is 0 Å². The fraction of sp³-hybridized carbons (Fsp3) is 1.00. The average Bonchev–Trinajstić information content (AvgIpc) is 2.30. The summed E-state index contributed by atoms with van der Waals surface area (Å²) in [6, 6.07) is 1.38. The predicted octanol–water partition coefficient (Wildman–Crippen LogP) is 3.28. The second-order valence-electron chi connectivity index (χ2n) is 6.52. The molecule has 2 atom stereocenters. The zero-order chi connectivity index (χ0) is 12.9. The van der Waals surface area contributed by atoms with Gasteiger partial charge in [-0.05, 0) is 38.1 Å². The SMILES string of the molecule is CCC(C)(CNC(C)C)CN1CCCCC1C. The fourth-order valence-corrected chi connectivity index (χ4v) is 2.63. The van der Waals surface area contributed by atoms with E-state index in [0.29, 0.717) is 11.5 Å². The van der Waals surface area contributed by atoms with Gasteiger partial charge in [-0.2, -0.15) is 0 Å². The van der Waals surface area contributed by atoms with Crippen molar-refractivity contribution in [3.63, 3.8) is 0 Å². The molecule has 1 aliphatic heterocycles. The van der Waals surface area contributed by atoms with Gasteiger partial charge >= 0.3 is 0 Å². The molecule has 2 unspecified atom stereocenters. The fourth-order valence-electron chi connectivity index (χ4n) is 2.63. The molecule has 1 heterocycles. The number of hydrogen-bond donors (Lipinski definition) is 1. The lowest BCUT2D eigenvalue weighted by atomic mass is 9.85. The highest BCUT2D eigenvalue weighted by Gasteiger charge is 2.28. The van der Waals surface area contributed by atoms with Gasteiger partial charge in [-0.3, -0.25) is 0 Å². The number of nitrogens with zero attached hydrogens (tertiary/aromatic N) is 1. The van der Waals surface area contributed by atoms with Crippen LogP contribution in [0.2, 0.25) is 0 Å². The molecule has 0 aromatic rings. The van der Waals surface area contributed by atoms with Crippen LogP contribution in [0.25, 0.3) is 0 Å². The molecule has 1 aliphatic rings. The molecule has 1 fully saturated rings. The van der Waals surface area contributed by atoms with Gasteiger partial charge in [0.1, 0.15) is 0 Å². The van der Waals surface area contributed by atoms with Crippen LogP contribution >= 0.6 is 0 Å². The van der Waals surface area contributed by atoms with E-state index >= 15 is 0 Å². The third-order valence-electron chi connectivity index (χ3n) is 4.32. The molecular weight excluding hydrogens is 208 g/mol. The van der Waals surface area contributed by atoms with Crippen molar-refractivity contribution in [1.29, 1.82) is 0 Å². The summed E-state index contributed by atoms with van der Waals surface area (Å²) < 4.78 is 0. The van der Waals surface area contributed by atoms with Gasteiger partial charge in [0.2, 0.25) is 0 Å². The molecule has 0 bridgehead atoms. The molecule has 0 aromatic heterocycles. The number of hydrogen-bond acceptors (Lipinski definition) is 2. The van der Waals surface area contributed by atoms with E-state index in [1.165, 1.54) is 38.8 Å².